The second kappa shape index (κ2) is 15.8. The van der Waals surface area contributed by atoms with E-state index >= 15 is 0 Å². The van der Waals surface area contributed by atoms with Crippen LogP contribution in [0.1, 0.15) is 69.0 Å². The summed E-state index contributed by atoms with van der Waals surface area (Å²) >= 11 is 10.6. The summed E-state index contributed by atoms with van der Waals surface area (Å²) in [6.45, 7) is 11.1. The Morgan fingerprint density at radius 2 is 1.74 bits per heavy atom. The first-order chi connectivity index (χ1) is 16.3. The number of aromatic nitrogens is 1. The average Bonchev–Trinajstić information content (AvgIpc) is 3.07. The fourth-order valence-electron chi connectivity index (χ4n) is 3.43. The van der Waals surface area contributed by atoms with Crippen LogP contribution in [0.4, 0.5) is 4.39 Å². The molecule has 0 spiro atoms. The molecule has 1 N–H and O–H groups in total. The van der Waals surface area contributed by atoms with E-state index in [9.17, 15) is 4.39 Å². The predicted molar refractivity (Wildman–Crippen MR) is 146 cm³/mol. The first-order valence-corrected chi connectivity index (χ1v) is 12.3. The van der Waals surface area contributed by atoms with E-state index in [0.717, 1.165) is 48.2 Å². The van der Waals surface area contributed by atoms with Crippen molar-refractivity contribution in [1.29, 1.82) is 0 Å². The maximum absolute atomic E-state index is 13.3. The fraction of sp³-hybridized carbons (Fsp3) is 0.440. The van der Waals surface area contributed by atoms with Gasteiger partial charge in [-0.1, -0.05) is 36.9 Å². The van der Waals surface area contributed by atoms with Crippen molar-refractivity contribution >= 4 is 46.9 Å². The van der Waals surface area contributed by atoms with Crippen LogP contribution in [-0.4, -0.2) is 32.7 Å². The SMILES string of the molecule is CCCCC/C([S-])=N/N=C(C)/C(=N/NC([S-])=NCC)c1cc(C)n(Cc2ccc(F)cc2)c1C.[Cu+2]. The third-order valence-electron chi connectivity index (χ3n) is 5.30. The number of amidine groups is 1. The molecule has 6 nitrogen and oxygen atoms in total. The third kappa shape index (κ3) is 9.80. The molecule has 0 saturated carbocycles. The zero-order valence-electron chi connectivity index (χ0n) is 20.9. The topological polar surface area (TPSA) is 66.4 Å². The first kappa shape index (κ1) is 30.9. The molecule has 0 fully saturated rings. The number of rotatable bonds is 11. The van der Waals surface area contributed by atoms with Gasteiger partial charge in [0.05, 0.1) is 5.71 Å². The van der Waals surface area contributed by atoms with E-state index < -0.39 is 0 Å². The molecule has 2 aromatic rings. The van der Waals surface area contributed by atoms with Gasteiger partial charge in [-0.05, 0) is 69.5 Å². The van der Waals surface area contributed by atoms with Gasteiger partial charge >= 0.3 is 17.1 Å². The number of benzene rings is 1. The molecule has 0 amide bonds. The summed E-state index contributed by atoms with van der Waals surface area (Å²) in [6.07, 6.45) is 4.00. The van der Waals surface area contributed by atoms with Crippen LogP contribution >= 0.6 is 0 Å². The minimum absolute atomic E-state index is 0. The Labute approximate surface area is 230 Å². The van der Waals surface area contributed by atoms with Crippen LogP contribution in [0.5, 0.6) is 0 Å². The van der Waals surface area contributed by atoms with Crippen LogP contribution in [0.2, 0.25) is 0 Å². The van der Waals surface area contributed by atoms with Crippen molar-refractivity contribution in [1.82, 2.24) is 9.99 Å². The minimum Gasteiger partial charge on any atom is -0.763 e. The monoisotopic (exact) mass is 563 g/mol. The number of hydrogen-bond acceptors (Lipinski definition) is 6. The predicted octanol–water partition coefficient (Wildman–Crippen LogP) is 5.41. The van der Waals surface area contributed by atoms with E-state index in [1.54, 1.807) is 12.1 Å². The van der Waals surface area contributed by atoms with E-state index in [0.29, 0.717) is 34.7 Å². The number of nitrogens with one attached hydrogen (secondary N) is 1. The second-order valence-corrected chi connectivity index (χ2v) is 8.84. The van der Waals surface area contributed by atoms with Crippen LogP contribution in [0.25, 0.3) is 0 Å². The first-order valence-electron chi connectivity index (χ1n) is 11.5. The van der Waals surface area contributed by atoms with Gasteiger partial charge in [-0.2, -0.15) is 15.3 Å². The molecule has 0 bridgehead atoms. The standard InChI is InChI=1S/C25H35FN6S2.Cu/c1-6-8-9-10-23(33)29-28-18(4)24(30-31-25(34)27-7-2)22-15-17(3)32(19(22)5)16-20-11-13-21(26)14-12-20;/h11-15H,6-10,16H2,1-5H3,(H,29,33)(H2,27,31,34);/q;+2/p-2/b28-18+,30-24-;. The van der Waals surface area contributed by atoms with Gasteiger partial charge in [0.25, 0.3) is 0 Å². The van der Waals surface area contributed by atoms with Crippen LogP contribution < -0.4 is 5.43 Å². The van der Waals surface area contributed by atoms with Crippen LogP contribution in [0.15, 0.2) is 50.6 Å². The Bertz CT molecular complexity index is 1070. The van der Waals surface area contributed by atoms with E-state index in [4.69, 9.17) is 25.3 Å². The van der Waals surface area contributed by atoms with Gasteiger partial charge in [-0.25, -0.2) is 4.39 Å². The number of nitrogens with zero attached hydrogens (tertiary/aromatic N) is 5. The molecule has 0 unspecified atom stereocenters. The molecule has 1 heterocycles. The molecule has 0 aliphatic heterocycles. The Morgan fingerprint density at radius 1 is 1.06 bits per heavy atom. The molecular weight excluding hydrogens is 531 g/mol. The molecule has 0 saturated heterocycles. The molecule has 193 valence electrons. The van der Waals surface area contributed by atoms with Gasteiger partial charge in [0.15, 0.2) is 0 Å². The van der Waals surface area contributed by atoms with Crippen molar-refractivity contribution in [2.75, 3.05) is 6.54 Å². The summed E-state index contributed by atoms with van der Waals surface area (Å²) in [5, 5.41) is 14.1. The van der Waals surface area contributed by atoms with Gasteiger partial charge in [0.2, 0.25) is 0 Å². The van der Waals surface area contributed by atoms with Gasteiger partial charge in [-0.3, -0.25) is 10.4 Å². The Morgan fingerprint density at radius 3 is 2.37 bits per heavy atom. The molecule has 0 aliphatic carbocycles. The molecule has 1 aromatic heterocycles. The Hall–Kier alpha value is -2.13. The number of aliphatic imine (C=N–C) groups is 1. The summed E-state index contributed by atoms with van der Waals surface area (Å²) in [7, 11) is 0. The van der Waals surface area contributed by atoms with Crippen molar-refractivity contribution in [3.8, 4) is 0 Å². The largest absolute Gasteiger partial charge is 2.00 e. The van der Waals surface area contributed by atoms with Gasteiger partial charge < -0.3 is 29.8 Å². The molecule has 2 rings (SSSR count). The van der Waals surface area contributed by atoms with Crippen molar-refractivity contribution in [2.45, 2.75) is 66.8 Å². The molecule has 10 heteroatoms. The fourth-order valence-corrected chi connectivity index (χ4v) is 3.79. The smallest absolute Gasteiger partial charge is 0.763 e. The van der Waals surface area contributed by atoms with Crippen molar-refractivity contribution < 1.29 is 21.5 Å². The summed E-state index contributed by atoms with van der Waals surface area (Å²) in [5.41, 5.74) is 8.04. The Balaban J connectivity index is 0.00000612. The molecule has 35 heavy (non-hydrogen) atoms. The zero-order valence-corrected chi connectivity index (χ0v) is 23.4. The maximum atomic E-state index is 13.3. The van der Waals surface area contributed by atoms with E-state index in [1.165, 1.54) is 12.1 Å². The maximum Gasteiger partial charge on any atom is 2.00 e. The Kier molecular flexibility index (Phi) is 13.9. The molecule has 0 aliphatic rings. The summed E-state index contributed by atoms with van der Waals surface area (Å²) in [6, 6.07) is 8.58. The molecule has 1 aromatic carbocycles. The zero-order chi connectivity index (χ0) is 25.1. The number of unbranched alkanes of at least 4 members (excludes halogenated alkanes) is 2. The van der Waals surface area contributed by atoms with E-state index in [1.807, 2.05) is 27.7 Å². The minimum atomic E-state index is -0.248. The van der Waals surface area contributed by atoms with Crippen molar-refractivity contribution in [3.05, 3.63) is 58.7 Å². The molecule has 1 radical (unpaired) electrons. The quantitative estimate of drug-likeness (QED) is 0.0993. The van der Waals surface area contributed by atoms with E-state index in [-0.39, 0.29) is 22.9 Å². The average molecular weight is 564 g/mol. The van der Waals surface area contributed by atoms with Gasteiger partial charge in [0, 0.05) is 30.0 Å². The molecular formula is C25H33CuFN6S2. The summed E-state index contributed by atoms with van der Waals surface area (Å²) in [5.74, 6) is -0.248. The molecule has 0 atom stereocenters. The number of hydrogen-bond donors (Lipinski definition) is 1. The van der Waals surface area contributed by atoms with Crippen molar-refractivity contribution in [2.24, 2.45) is 20.3 Å². The van der Waals surface area contributed by atoms with Crippen LogP contribution in [-0.2, 0) is 48.9 Å². The number of hydrazone groups is 1. The normalized spacial score (nSPS) is 13.1. The van der Waals surface area contributed by atoms with Gasteiger partial charge in [-0.15, -0.1) is 0 Å². The third-order valence-corrected chi connectivity index (χ3v) is 5.80. The van der Waals surface area contributed by atoms with Gasteiger partial charge in [0.1, 0.15) is 11.5 Å². The number of halogens is 1. The number of aryl methyl sites for hydroxylation is 1. The van der Waals surface area contributed by atoms with Crippen molar-refractivity contribution in [3.63, 3.8) is 0 Å². The summed E-state index contributed by atoms with van der Waals surface area (Å²) in [4.78, 5) is 4.17. The van der Waals surface area contributed by atoms with Crippen LogP contribution in [0, 0.1) is 19.7 Å². The summed E-state index contributed by atoms with van der Waals surface area (Å²) < 4.78 is 15.5. The van der Waals surface area contributed by atoms with E-state index in [2.05, 4.69) is 43.3 Å². The van der Waals surface area contributed by atoms with Crippen LogP contribution in [0.3, 0.4) is 0 Å². The second-order valence-electron chi connectivity index (χ2n) is 7.99.